The second kappa shape index (κ2) is 19.8. The lowest BCUT2D eigenvalue weighted by molar-refractivity contribution is -0.0577. The third-order valence-electron chi connectivity index (χ3n) is 6.93. The third kappa shape index (κ3) is 12.7. The molecule has 3 atom stereocenters. The van der Waals surface area contributed by atoms with Gasteiger partial charge in [0.05, 0.1) is 25.4 Å². The van der Waals surface area contributed by atoms with Crippen LogP contribution in [0.1, 0.15) is 109 Å². The van der Waals surface area contributed by atoms with Crippen molar-refractivity contribution in [2.75, 3.05) is 26.4 Å². The lowest BCUT2D eigenvalue weighted by atomic mass is 10.1. The number of H-pyrrole nitrogens is 1. The normalized spacial score (nSPS) is 18.9. The first-order chi connectivity index (χ1) is 19.0. The van der Waals surface area contributed by atoms with E-state index in [-0.39, 0.29) is 19.6 Å². The number of carbonyl (C=O) groups excluding carboxylic acids is 1. The van der Waals surface area contributed by atoms with E-state index in [9.17, 15) is 19.5 Å². The second-order valence-electron chi connectivity index (χ2n) is 10.2. The Bertz CT molecular complexity index is 919. The van der Waals surface area contributed by atoms with Gasteiger partial charge in [-0.15, -0.1) is 0 Å². The average molecular weight is 556 g/mol. The number of rotatable bonds is 21. The summed E-state index contributed by atoms with van der Waals surface area (Å²) in [5.41, 5.74) is 4.60. The molecule has 0 aromatic carbocycles. The molecular formula is C28H49N3O8. The standard InChI is InChI=1S/C28H49N3O8/c1-2-3-4-5-6-7-8-10-13-16-36-21-22-19-31(27(34)30-26(22)33)25-18-23(24(20-32)38-25)39-28(35)37-17-14-11-9-12-15-29/h19,23-25,32H,2-18,20-21,29H2,1H3,(H,30,33,34)/t23-,24+,25+/m0/s1. The summed E-state index contributed by atoms with van der Waals surface area (Å²) < 4.78 is 23.2. The van der Waals surface area contributed by atoms with Gasteiger partial charge in [-0.3, -0.25) is 14.3 Å². The molecule has 2 rings (SSSR count). The second-order valence-corrected chi connectivity index (χ2v) is 10.2. The summed E-state index contributed by atoms with van der Waals surface area (Å²) in [5, 5.41) is 9.72. The van der Waals surface area contributed by atoms with E-state index in [1.54, 1.807) is 0 Å². The molecule has 1 aliphatic heterocycles. The highest BCUT2D eigenvalue weighted by Gasteiger charge is 2.39. The predicted molar refractivity (Wildman–Crippen MR) is 148 cm³/mol. The van der Waals surface area contributed by atoms with Crippen molar-refractivity contribution in [2.24, 2.45) is 5.73 Å². The molecule has 0 saturated carbocycles. The largest absolute Gasteiger partial charge is 0.508 e. The number of aliphatic hydroxyl groups is 1. The summed E-state index contributed by atoms with van der Waals surface area (Å²) >= 11 is 0. The van der Waals surface area contributed by atoms with E-state index in [0.29, 0.717) is 25.1 Å². The molecule has 11 heteroatoms. The SMILES string of the molecule is CCCCCCCCCCCOCc1cn([C@H]2C[C@H](OC(=O)OCCCCCCN)[C@@H](CO)O2)c(=O)[nH]c1=O. The molecule has 1 saturated heterocycles. The number of carbonyl (C=O) groups is 1. The Hall–Kier alpha value is -2.21. The van der Waals surface area contributed by atoms with Gasteiger partial charge >= 0.3 is 11.8 Å². The molecule has 2 heterocycles. The number of nitrogens with one attached hydrogen (secondary N) is 1. The molecule has 0 bridgehead atoms. The summed E-state index contributed by atoms with van der Waals surface area (Å²) in [6.07, 6.45) is 12.7. The van der Waals surface area contributed by atoms with Gasteiger partial charge in [-0.05, 0) is 25.8 Å². The van der Waals surface area contributed by atoms with Crippen LogP contribution in [0.5, 0.6) is 0 Å². The molecule has 4 N–H and O–H groups in total. The van der Waals surface area contributed by atoms with E-state index in [1.165, 1.54) is 55.7 Å². The topological polar surface area (TPSA) is 155 Å². The minimum Gasteiger partial charge on any atom is -0.434 e. The number of aliphatic hydroxyl groups excluding tert-OH is 1. The Kier molecular flexibility index (Phi) is 16.7. The molecule has 11 nitrogen and oxygen atoms in total. The number of nitrogens with zero attached hydrogens (tertiary/aromatic N) is 1. The molecule has 0 unspecified atom stereocenters. The third-order valence-corrected chi connectivity index (χ3v) is 6.93. The maximum Gasteiger partial charge on any atom is 0.508 e. The summed E-state index contributed by atoms with van der Waals surface area (Å²) in [6.45, 7) is 3.29. The van der Waals surface area contributed by atoms with Crippen LogP contribution < -0.4 is 17.0 Å². The van der Waals surface area contributed by atoms with Crippen molar-refractivity contribution < 1.29 is 28.8 Å². The molecular weight excluding hydrogens is 506 g/mol. The molecule has 224 valence electrons. The Balaban J connectivity index is 1.78. The molecule has 1 aromatic rings. The predicted octanol–water partition coefficient (Wildman–Crippen LogP) is 3.90. The highest BCUT2D eigenvalue weighted by Crippen LogP contribution is 2.30. The fraction of sp³-hybridized carbons (Fsp3) is 0.821. The zero-order valence-corrected chi connectivity index (χ0v) is 23.6. The van der Waals surface area contributed by atoms with Crippen LogP contribution in [0.4, 0.5) is 4.79 Å². The van der Waals surface area contributed by atoms with Gasteiger partial charge in [0.25, 0.3) is 5.56 Å². The van der Waals surface area contributed by atoms with Crippen molar-refractivity contribution in [1.82, 2.24) is 9.55 Å². The fourth-order valence-electron chi connectivity index (χ4n) is 4.61. The Morgan fingerprint density at radius 2 is 1.67 bits per heavy atom. The first-order valence-corrected chi connectivity index (χ1v) is 14.7. The van der Waals surface area contributed by atoms with E-state index >= 15 is 0 Å². The summed E-state index contributed by atoms with van der Waals surface area (Å²) in [5.74, 6) is 0. The van der Waals surface area contributed by atoms with Crippen LogP contribution in [-0.2, 0) is 25.6 Å². The highest BCUT2D eigenvalue weighted by molar-refractivity contribution is 5.60. The van der Waals surface area contributed by atoms with Crippen molar-refractivity contribution in [2.45, 2.75) is 122 Å². The van der Waals surface area contributed by atoms with E-state index in [0.717, 1.165) is 32.1 Å². The Labute approximate surface area is 231 Å². The van der Waals surface area contributed by atoms with E-state index < -0.39 is 42.4 Å². The quantitative estimate of drug-likeness (QED) is 0.151. The number of hydrogen-bond donors (Lipinski definition) is 3. The van der Waals surface area contributed by atoms with Gasteiger partial charge in [0, 0.05) is 19.2 Å². The van der Waals surface area contributed by atoms with Crippen molar-refractivity contribution >= 4 is 6.16 Å². The molecule has 39 heavy (non-hydrogen) atoms. The minimum atomic E-state index is -0.846. The summed E-state index contributed by atoms with van der Waals surface area (Å²) in [6, 6.07) is 0. The van der Waals surface area contributed by atoms with Crippen LogP contribution >= 0.6 is 0 Å². The lowest BCUT2D eigenvalue weighted by Gasteiger charge is -2.16. The molecule has 0 radical (unpaired) electrons. The number of ether oxygens (including phenoxy) is 4. The fourth-order valence-corrected chi connectivity index (χ4v) is 4.61. The molecule has 1 aromatic heterocycles. The average Bonchev–Trinajstić information content (AvgIpc) is 3.32. The van der Waals surface area contributed by atoms with Crippen LogP contribution in [0.25, 0.3) is 0 Å². The number of unbranched alkanes of at least 4 members (excludes halogenated alkanes) is 11. The van der Waals surface area contributed by atoms with E-state index in [4.69, 9.17) is 24.7 Å². The zero-order chi connectivity index (χ0) is 28.3. The van der Waals surface area contributed by atoms with Crippen molar-refractivity contribution in [1.29, 1.82) is 0 Å². The summed E-state index contributed by atoms with van der Waals surface area (Å²) in [7, 11) is 0. The van der Waals surface area contributed by atoms with Gasteiger partial charge < -0.3 is 29.8 Å². The minimum absolute atomic E-state index is 0.0698. The smallest absolute Gasteiger partial charge is 0.434 e. The first kappa shape index (κ1) is 33.0. The molecule has 0 amide bonds. The zero-order valence-electron chi connectivity index (χ0n) is 23.6. The van der Waals surface area contributed by atoms with Gasteiger partial charge in [0.1, 0.15) is 18.4 Å². The summed E-state index contributed by atoms with van der Waals surface area (Å²) in [4.78, 5) is 39.2. The maximum absolute atomic E-state index is 12.5. The van der Waals surface area contributed by atoms with Gasteiger partial charge in [0.15, 0.2) is 0 Å². The molecule has 1 fully saturated rings. The Morgan fingerprint density at radius 3 is 2.33 bits per heavy atom. The van der Waals surface area contributed by atoms with Crippen molar-refractivity contribution in [3.63, 3.8) is 0 Å². The molecule has 1 aliphatic rings. The van der Waals surface area contributed by atoms with Crippen LogP contribution in [0, 0.1) is 0 Å². The van der Waals surface area contributed by atoms with Crippen LogP contribution in [0.3, 0.4) is 0 Å². The van der Waals surface area contributed by atoms with E-state index in [1.807, 2.05) is 0 Å². The number of hydrogen-bond acceptors (Lipinski definition) is 9. The van der Waals surface area contributed by atoms with Crippen molar-refractivity contribution in [3.8, 4) is 0 Å². The van der Waals surface area contributed by atoms with Gasteiger partial charge in [-0.1, -0.05) is 71.1 Å². The number of nitrogens with two attached hydrogens (primary N) is 1. The first-order valence-electron chi connectivity index (χ1n) is 14.7. The maximum atomic E-state index is 12.5. The van der Waals surface area contributed by atoms with E-state index in [2.05, 4.69) is 11.9 Å². The van der Waals surface area contributed by atoms with Crippen LogP contribution in [0.15, 0.2) is 15.8 Å². The van der Waals surface area contributed by atoms with Crippen LogP contribution in [-0.4, -0.2) is 59.4 Å². The molecule has 0 spiro atoms. The number of aromatic nitrogens is 2. The number of aromatic amines is 1. The van der Waals surface area contributed by atoms with Gasteiger partial charge in [0.2, 0.25) is 0 Å². The monoisotopic (exact) mass is 555 g/mol. The highest BCUT2D eigenvalue weighted by atomic mass is 16.7. The van der Waals surface area contributed by atoms with Crippen LogP contribution in [0.2, 0.25) is 0 Å². The Morgan fingerprint density at radius 1 is 1.03 bits per heavy atom. The van der Waals surface area contributed by atoms with Crippen molar-refractivity contribution in [3.05, 3.63) is 32.6 Å². The van der Waals surface area contributed by atoms with Gasteiger partial charge in [-0.2, -0.15) is 0 Å². The van der Waals surface area contributed by atoms with Gasteiger partial charge in [-0.25, -0.2) is 9.59 Å². The lowest BCUT2D eigenvalue weighted by Crippen LogP contribution is -2.34. The molecule has 0 aliphatic carbocycles.